The molecule has 28 heavy (non-hydrogen) atoms. The minimum absolute atomic E-state index is 0.113. The van der Waals surface area contributed by atoms with Crippen LogP contribution in [0.5, 0.6) is 5.75 Å². The number of rotatable bonds is 7. The monoisotopic (exact) mass is 398 g/mol. The van der Waals surface area contributed by atoms with Gasteiger partial charge in [0.25, 0.3) is 10.0 Å². The number of hydrogen-bond acceptors (Lipinski definition) is 5. The van der Waals surface area contributed by atoms with Crippen LogP contribution in [-0.2, 0) is 10.0 Å². The lowest BCUT2D eigenvalue weighted by Crippen LogP contribution is -2.18. The molecule has 0 saturated carbocycles. The topological polar surface area (TPSA) is 85.6 Å². The summed E-state index contributed by atoms with van der Waals surface area (Å²) in [4.78, 5) is 2.36. The number of para-hydroxylation sites is 1. The largest absolute Gasteiger partial charge is 0.494 e. The van der Waals surface area contributed by atoms with E-state index in [4.69, 9.17) is 4.74 Å². The molecule has 1 aromatic heterocycles. The first-order valence-electron chi connectivity index (χ1n) is 8.81. The molecule has 1 N–H and O–H groups in total. The van der Waals surface area contributed by atoms with E-state index in [1.165, 1.54) is 18.3 Å². The van der Waals surface area contributed by atoms with Crippen molar-refractivity contribution in [3.8, 4) is 11.4 Å². The van der Waals surface area contributed by atoms with E-state index in [9.17, 15) is 8.42 Å². The van der Waals surface area contributed by atoms with Crippen molar-refractivity contribution in [1.29, 1.82) is 0 Å². The van der Waals surface area contributed by atoms with Crippen LogP contribution >= 0.6 is 0 Å². The number of benzene rings is 2. The number of nitrogens with zero attached hydrogens (tertiary/aromatic N) is 3. The molecule has 2 aromatic carbocycles. The smallest absolute Gasteiger partial charge is 0.276 e. The second-order valence-electron chi connectivity index (χ2n) is 6.09. The average molecular weight is 398 g/mol. The molecule has 3 rings (SSSR count). The number of ether oxygens (including phenoxy) is 1. The molecule has 0 amide bonds. The van der Waals surface area contributed by atoms with Crippen molar-refractivity contribution in [3.63, 3.8) is 0 Å². The standard InChI is InChI=1S/C20H22N4O3S/c1-4-27-18-10-12-19(13-11-18)28(25,26)23-21-14-20-15(2)22-24(16(20)3)17-8-6-5-7-9-17/h5-14,23H,4H2,1-3H3/b21-14-. The Morgan fingerprint density at radius 3 is 2.43 bits per heavy atom. The van der Waals surface area contributed by atoms with Crippen molar-refractivity contribution < 1.29 is 13.2 Å². The van der Waals surface area contributed by atoms with Crippen molar-refractivity contribution in [2.45, 2.75) is 25.7 Å². The molecular formula is C20H22N4O3S. The maximum absolute atomic E-state index is 12.4. The summed E-state index contributed by atoms with van der Waals surface area (Å²) < 4.78 is 31.9. The molecule has 1 heterocycles. The summed E-state index contributed by atoms with van der Waals surface area (Å²) in [7, 11) is -3.76. The van der Waals surface area contributed by atoms with Crippen LogP contribution in [0.4, 0.5) is 0 Å². The van der Waals surface area contributed by atoms with Crippen molar-refractivity contribution in [1.82, 2.24) is 14.6 Å². The lowest BCUT2D eigenvalue weighted by Gasteiger charge is -2.06. The summed E-state index contributed by atoms with van der Waals surface area (Å²) in [5, 5.41) is 8.44. The fourth-order valence-electron chi connectivity index (χ4n) is 2.76. The van der Waals surface area contributed by atoms with E-state index in [-0.39, 0.29) is 4.90 Å². The van der Waals surface area contributed by atoms with Gasteiger partial charge in [0.2, 0.25) is 0 Å². The van der Waals surface area contributed by atoms with E-state index in [1.807, 2.05) is 51.1 Å². The molecule has 0 saturated heterocycles. The van der Waals surface area contributed by atoms with Gasteiger partial charge in [0, 0.05) is 5.56 Å². The molecule has 0 bridgehead atoms. The number of aromatic nitrogens is 2. The Labute approximate surface area is 164 Å². The van der Waals surface area contributed by atoms with Crippen LogP contribution in [0.15, 0.2) is 64.6 Å². The zero-order valence-corrected chi connectivity index (χ0v) is 16.8. The maximum Gasteiger partial charge on any atom is 0.276 e. The molecule has 146 valence electrons. The molecule has 0 aliphatic carbocycles. The van der Waals surface area contributed by atoms with Gasteiger partial charge in [-0.3, -0.25) is 0 Å². The summed E-state index contributed by atoms with van der Waals surface area (Å²) in [6.45, 7) is 6.15. The van der Waals surface area contributed by atoms with Crippen LogP contribution in [0.3, 0.4) is 0 Å². The van der Waals surface area contributed by atoms with E-state index in [2.05, 4.69) is 15.0 Å². The Bertz CT molecular complexity index is 1070. The molecule has 0 spiro atoms. The average Bonchev–Trinajstić information content (AvgIpc) is 2.97. The van der Waals surface area contributed by atoms with Gasteiger partial charge in [0.15, 0.2) is 0 Å². The van der Waals surface area contributed by atoms with Gasteiger partial charge in [-0.1, -0.05) is 18.2 Å². The minimum atomic E-state index is -3.76. The first-order chi connectivity index (χ1) is 13.4. The van der Waals surface area contributed by atoms with Crippen LogP contribution < -0.4 is 9.57 Å². The van der Waals surface area contributed by atoms with Crippen molar-refractivity contribution >= 4 is 16.2 Å². The van der Waals surface area contributed by atoms with Gasteiger partial charge in [-0.2, -0.15) is 18.6 Å². The third kappa shape index (κ3) is 4.23. The predicted octanol–water partition coefficient (Wildman–Crippen LogP) is 3.20. The van der Waals surface area contributed by atoms with Crippen LogP contribution in [0.1, 0.15) is 23.9 Å². The molecule has 0 unspecified atom stereocenters. The second kappa shape index (κ2) is 8.26. The van der Waals surface area contributed by atoms with Gasteiger partial charge in [-0.25, -0.2) is 9.51 Å². The summed E-state index contributed by atoms with van der Waals surface area (Å²) >= 11 is 0. The van der Waals surface area contributed by atoms with E-state index < -0.39 is 10.0 Å². The van der Waals surface area contributed by atoms with Gasteiger partial charge in [-0.05, 0) is 57.2 Å². The quantitative estimate of drug-likeness (QED) is 0.489. The molecule has 3 aromatic rings. The molecule has 7 nitrogen and oxygen atoms in total. The SMILES string of the molecule is CCOc1ccc(S(=O)(=O)N/N=C\c2c(C)nn(-c3ccccc3)c2C)cc1. The van der Waals surface area contributed by atoms with Gasteiger partial charge in [-0.15, -0.1) is 0 Å². The van der Waals surface area contributed by atoms with Crippen molar-refractivity contribution in [2.75, 3.05) is 6.61 Å². The Kier molecular flexibility index (Phi) is 5.79. The number of hydrogen-bond donors (Lipinski definition) is 1. The highest BCUT2D eigenvalue weighted by Crippen LogP contribution is 2.17. The van der Waals surface area contributed by atoms with E-state index in [0.29, 0.717) is 12.4 Å². The van der Waals surface area contributed by atoms with Gasteiger partial charge < -0.3 is 4.74 Å². The molecular weight excluding hydrogens is 376 g/mol. The molecule has 0 atom stereocenters. The summed E-state index contributed by atoms with van der Waals surface area (Å²) in [5.74, 6) is 0.615. The lowest BCUT2D eigenvalue weighted by molar-refractivity contribution is 0.340. The highest BCUT2D eigenvalue weighted by Gasteiger charge is 2.14. The predicted molar refractivity (Wildman–Crippen MR) is 109 cm³/mol. The van der Waals surface area contributed by atoms with Crippen LogP contribution in [0, 0.1) is 13.8 Å². The molecule has 0 aliphatic heterocycles. The molecule has 0 radical (unpaired) electrons. The van der Waals surface area contributed by atoms with Crippen LogP contribution in [0.2, 0.25) is 0 Å². The van der Waals surface area contributed by atoms with E-state index in [1.54, 1.807) is 16.8 Å². The van der Waals surface area contributed by atoms with Gasteiger partial charge in [0.05, 0.1) is 34.8 Å². The third-order valence-electron chi connectivity index (χ3n) is 4.16. The molecule has 0 aliphatic rings. The number of hydrazone groups is 1. The Morgan fingerprint density at radius 1 is 1.11 bits per heavy atom. The number of sulfonamides is 1. The third-order valence-corrected chi connectivity index (χ3v) is 5.40. The fraction of sp³-hybridized carbons (Fsp3) is 0.200. The highest BCUT2D eigenvalue weighted by molar-refractivity contribution is 7.89. The summed E-state index contributed by atoms with van der Waals surface area (Å²) in [6, 6.07) is 15.9. The zero-order valence-electron chi connectivity index (χ0n) is 16.0. The van der Waals surface area contributed by atoms with Gasteiger partial charge >= 0.3 is 0 Å². The Balaban J connectivity index is 1.78. The van der Waals surface area contributed by atoms with Gasteiger partial charge in [0.1, 0.15) is 5.75 Å². The molecule has 8 heteroatoms. The first kappa shape index (κ1) is 19.6. The second-order valence-corrected chi connectivity index (χ2v) is 7.75. The fourth-order valence-corrected chi connectivity index (χ4v) is 3.55. The maximum atomic E-state index is 12.4. The van der Waals surface area contributed by atoms with Crippen LogP contribution in [-0.4, -0.2) is 31.0 Å². The summed E-state index contributed by atoms with van der Waals surface area (Å²) in [5.41, 5.74) is 3.31. The van der Waals surface area contributed by atoms with Crippen molar-refractivity contribution in [2.24, 2.45) is 5.10 Å². The minimum Gasteiger partial charge on any atom is -0.494 e. The van der Waals surface area contributed by atoms with E-state index >= 15 is 0 Å². The normalized spacial score (nSPS) is 11.7. The Hall–Kier alpha value is -3.13. The first-order valence-corrected chi connectivity index (χ1v) is 10.3. The van der Waals surface area contributed by atoms with Crippen molar-refractivity contribution in [3.05, 3.63) is 71.5 Å². The highest BCUT2D eigenvalue weighted by atomic mass is 32.2. The number of nitrogens with one attached hydrogen (secondary N) is 1. The van der Waals surface area contributed by atoms with Crippen LogP contribution in [0.25, 0.3) is 5.69 Å². The van der Waals surface area contributed by atoms with E-state index in [0.717, 1.165) is 22.6 Å². The summed E-state index contributed by atoms with van der Waals surface area (Å²) in [6.07, 6.45) is 1.48. The molecule has 0 fully saturated rings. The zero-order chi connectivity index (χ0) is 20.1. The number of aryl methyl sites for hydroxylation is 1. The lowest BCUT2D eigenvalue weighted by atomic mass is 10.2. The Morgan fingerprint density at radius 2 is 1.79 bits per heavy atom.